The van der Waals surface area contributed by atoms with Crippen LogP contribution in [-0.4, -0.2) is 5.78 Å². The molecule has 0 spiro atoms. The van der Waals surface area contributed by atoms with Crippen LogP contribution in [0.4, 0.5) is 0 Å². The summed E-state index contributed by atoms with van der Waals surface area (Å²) in [5.41, 5.74) is 0. The molecule has 0 heterocycles. The summed E-state index contributed by atoms with van der Waals surface area (Å²) in [6.45, 7) is 6.58. The Morgan fingerprint density at radius 3 is 2.55 bits per heavy atom. The van der Waals surface area contributed by atoms with Crippen molar-refractivity contribution in [2.24, 2.45) is 17.8 Å². The van der Waals surface area contributed by atoms with Crippen LogP contribution in [0.3, 0.4) is 0 Å². The lowest BCUT2D eigenvalue weighted by molar-refractivity contribution is -0.125. The Kier molecular flexibility index (Phi) is 2.69. The highest BCUT2D eigenvalue weighted by Crippen LogP contribution is 2.31. The Morgan fingerprint density at radius 2 is 2.09 bits per heavy atom. The molecule has 11 heavy (non-hydrogen) atoms. The monoisotopic (exact) mass is 154 g/mol. The first-order valence-electron chi connectivity index (χ1n) is 4.64. The van der Waals surface area contributed by atoms with Crippen molar-refractivity contribution in [3.8, 4) is 0 Å². The third-order valence-corrected chi connectivity index (χ3v) is 2.91. The van der Waals surface area contributed by atoms with Gasteiger partial charge in [0.05, 0.1) is 0 Å². The summed E-state index contributed by atoms with van der Waals surface area (Å²) in [5.74, 6) is 2.35. The van der Waals surface area contributed by atoms with E-state index in [-0.39, 0.29) is 0 Å². The zero-order valence-corrected chi connectivity index (χ0v) is 7.76. The van der Waals surface area contributed by atoms with Crippen molar-refractivity contribution in [3.63, 3.8) is 0 Å². The van der Waals surface area contributed by atoms with E-state index in [4.69, 9.17) is 0 Å². The summed E-state index contributed by atoms with van der Waals surface area (Å²) >= 11 is 0. The fourth-order valence-electron chi connectivity index (χ4n) is 1.88. The van der Waals surface area contributed by atoms with Gasteiger partial charge < -0.3 is 0 Å². The Morgan fingerprint density at radius 1 is 1.45 bits per heavy atom. The van der Waals surface area contributed by atoms with Crippen LogP contribution in [0, 0.1) is 17.8 Å². The van der Waals surface area contributed by atoms with E-state index in [1.807, 2.05) is 0 Å². The van der Waals surface area contributed by atoms with Gasteiger partial charge in [0, 0.05) is 12.3 Å². The minimum atomic E-state index is 0.330. The number of carbonyl (C=O) groups excluding carboxylic acids is 1. The second-order valence-electron chi connectivity index (χ2n) is 4.15. The first kappa shape index (κ1) is 8.76. The number of hydrogen-bond acceptors (Lipinski definition) is 1. The van der Waals surface area contributed by atoms with Crippen molar-refractivity contribution in [3.05, 3.63) is 0 Å². The van der Waals surface area contributed by atoms with Gasteiger partial charge in [0.15, 0.2) is 0 Å². The fourth-order valence-corrected chi connectivity index (χ4v) is 1.88. The minimum absolute atomic E-state index is 0.330. The maximum atomic E-state index is 11.2. The summed E-state index contributed by atoms with van der Waals surface area (Å²) in [4.78, 5) is 11.2. The van der Waals surface area contributed by atoms with Gasteiger partial charge in [0.1, 0.15) is 5.78 Å². The van der Waals surface area contributed by atoms with Crippen LogP contribution in [0.2, 0.25) is 0 Å². The van der Waals surface area contributed by atoms with Gasteiger partial charge in [-0.2, -0.15) is 0 Å². The highest BCUT2D eigenvalue weighted by Gasteiger charge is 2.26. The third-order valence-electron chi connectivity index (χ3n) is 2.91. The molecular formula is C10H18O. The van der Waals surface area contributed by atoms with E-state index in [0.717, 1.165) is 31.1 Å². The standard InChI is InChI=1S/C10H18O/c1-7(2)9-4-5-10(11)8(3)6-9/h7-9H,4-6H2,1-3H3. The largest absolute Gasteiger partial charge is 0.299 e. The molecule has 1 aliphatic rings. The quantitative estimate of drug-likeness (QED) is 0.567. The third kappa shape index (κ3) is 2.05. The van der Waals surface area contributed by atoms with Gasteiger partial charge in [0.2, 0.25) is 0 Å². The van der Waals surface area contributed by atoms with Gasteiger partial charge in [-0.15, -0.1) is 0 Å². The molecule has 1 nitrogen and oxygen atoms in total. The highest BCUT2D eigenvalue weighted by atomic mass is 16.1. The molecule has 1 saturated carbocycles. The smallest absolute Gasteiger partial charge is 0.135 e. The lowest BCUT2D eigenvalue weighted by atomic mass is 9.76. The zero-order chi connectivity index (χ0) is 8.43. The van der Waals surface area contributed by atoms with Gasteiger partial charge in [-0.1, -0.05) is 20.8 Å². The zero-order valence-electron chi connectivity index (χ0n) is 7.76. The van der Waals surface area contributed by atoms with Crippen molar-refractivity contribution in [1.82, 2.24) is 0 Å². The number of carbonyl (C=O) groups is 1. The first-order valence-corrected chi connectivity index (χ1v) is 4.64. The molecule has 1 aliphatic carbocycles. The lowest BCUT2D eigenvalue weighted by Gasteiger charge is -2.28. The predicted molar refractivity (Wildman–Crippen MR) is 46.4 cm³/mol. The van der Waals surface area contributed by atoms with Crippen LogP contribution in [0.5, 0.6) is 0 Å². The first-order chi connectivity index (χ1) is 5.11. The molecule has 2 unspecified atom stereocenters. The molecule has 0 N–H and O–H groups in total. The van der Waals surface area contributed by atoms with Crippen LogP contribution in [0.1, 0.15) is 40.0 Å². The minimum Gasteiger partial charge on any atom is -0.299 e. The SMILES string of the molecule is CC1CC(C(C)C)CCC1=O. The Bertz CT molecular complexity index is 149. The van der Waals surface area contributed by atoms with Crippen molar-refractivity contribution >= 4 is 5.78 Å². The van der Waals surface area contributed by atoms with Crippen LogP contribution in [0.15, 0.2) is 0 Å². The molecule has 0 aromatic rings. The second kappa shape index (κ2) is 3.38. The average Bonchev–Trinajstić information content (AvgIpc) is 1.94. The number of rotatable bonds is 1. The Balaban J connectivity index is 2.46. The van der Waals surface area contributed by atoms with Gasteiger partial charge in [-0.3, -0.25) is 4.79 Å². The average molecular weight is 154 g/mol. The topological polar surface area (TPSA) is 17.1 Å². The molecule has 0 aromatic carbocycles. The molecule has 0 radical (unpaired) electrons. The Labute approximate surface area is 69.2 Å². The predicted octanol–water partition coefficient (Wildman–Crippen LogP) is 2.65. The van der Waals surface area contributed by atoms with Crippen LogP contribution < -0.4 is 0 Å². The molecule has 1 rings (SSSR count). The van der Waals surface area contributed by atoms with Gasteiger partial charge >= 0.3 is 0 Å². The van der Waals surface area contributed by atoms with Crippen molar-refractivity contribution in [2.45, 2.75) is 40.0 Å². The normalized spacial score (nSPS) is 32.9. The van der Waals surface area contributed by atoms with Crippen LogP contribution in [-0.2, 0) is 4.79 Å². The van der Waals surface area contributed by atoms with E-state index in [1.54, 1.807) is 0 Å². The molecule has 0 amide bonds. The molecule has 64 valence electrons. The van der Waals surface area contributed by atoms with E-state index in [1.165, 1.54) is 0 Å². The number of hydrogen-bond donors (Lipinski definition) is 0. The van der Waals surface area contributed by atoms with Crippen LogP contribution in [0.25, 0.3) is 0 Å². The molecular weight excluding hydrogens is 136 g/mol. The molecule has 0 aromatic heterocycles. The van der Waals surface area contributed by atoms with E-state index in [2.05, 4.69) is 20.8 Å². The lowest BCUT2D eigenvalue weighted by Crippen LogP contribution is -2.25. The molecule has 0 bridgehead atoms. The number of Topliss-reactive ketones (excluding diaryl/α,β-unsaturated/α-hetero) is 1. The number of ketones is 1. The molecule has 1 heteroatoms. The summed E-state index contributed by atoms with van der Waals surface area (Å²) in [5, 5.41) is 0. The molecule has 2 atom stereocenters. The van der Waals surface area contributed by atoms with Gasteiger partial charge in [-0.05, 0) is 24.7 Å². The second-order valence-corrected chi connectivity index (χ2v) is 4.15. The van der Waals surface area contributed by atoms with E-state index in [0.29, 0.717) is 11.7 Å². The van der Waals surface area contributed by atoms with Gasteiger partial charge in [0.25, 0.3) is 0 Å². The molecule has 0 aliphatic heterocycles. The van der Waals surface area contributed by atoms with Crippen molar-refractivity contribution in [2.75, 3.05) is 0 Å². The summed E-state index contributed by atoms with van der Waals surface area (Å²) in [6, 6.07) is 0. The molecule has 0 saturated heterocycles. The summed E-state index contributed by atoms with van der Waals surface area (Å²) < 4.78 is 0. The Hall–Kier alpha value is -0.330. The maximum absolute atomic E-state index is 11.2. The van der Waals surface area contributed by atoms with Crippen molar-refractivity contribution in [1.29, 1.82) is 0 Å². The van der Waals surface area contributed by atoms with Crippen LogP contribution >= 0.6 is 0 Å². The van der Waals surface area contributed by atoms with Crippen molar-refractivity contribution < 1.29 is 4.79 Å². The molecule has 1 fully saturated rings. The summed E-state index contributed by atoms with van der Waals surface area (Å²) in [7, 11) is 0. The van der Waals surface area contributed by atoms with E-state index < -0.39 is 0 Å². The summed E-state index contributed by atoms with van der Waals surface area (Å²) in [6.07, 6.45) is 3.07. The van der Waals surface area contributed by atoms with E-state index >= 15 is 0 Å². The maximum Gasteiger partial charge on any atom is 0.135 e. The highest BCUT2D eigenvalue weighted by molar-refractivity contribution is 5.81. The van der Waals surface area contributed by atoms with E-state index in [9.17, 15) is 4.79 Å². The fraction of sp³-hybridized carbons (Fsp3) is 0.900. The van der Waals surface area contributed by atoms with Gasteiger partial charge in [-0.25, -0.2) is 0 Å².